The van der Waals surface area contributed by atoms with E-state index in [4.69, 9.17) is 9.47 Å². The zero-order valence-electron chi connectivity index (χ0n) is 17.7. The molecule has 1 saturated heterocycles. The maximum absolute atomic E-state index is 13.2. The van der Waals surface area contributed by atoms with Crippen LogP contribution in [0.5, 0.6) is 11.5 Å². The lowest BCUT2D eigenvalue weighted by Gasteiger charge is -2.33. The van der Waals surface area contributed by atoms with Crippen LogP contribution in [0.4, 0.5) is 4.79 Å². The van der Waals surface area contributed by atoms with Gasteiger partial charge in [-0.15, -0.1) is 0 Å². The van der Waals surface area contributed by atoms with E-state index in [1.54, 1.807) is 14.2 Å². The Morgan fingerprint density at radius 3 is 2.57 bits per heavy atom. The molecule has 0 unspecified atom stereocenters. The lowest BCUT2D eigenvalue weighted by Crippen LogP contribution is -2.46. The minimum Gasteiger partial charge on any atom is -0.497 e. The van der Waals surface area contributed by atoms with E-state index in [0.29, 0.717) is 12.3 Å². The van der Waals surface area contributed by atoms with Crippen molar-refractivity contribution in [3.8, 4) is 11.5 Å². The van der Waals surface area contributed by atoms with Crippen LogP contribution in [0.2, 0.25) is 0 Å². The second kappa shape index (κ2) is 10.1. The van der Waals surface area contributed by atoms with Crippen LogP contribution in [0, 0.1) is 0 Å². The molecule has 3 rings (SSSR count). The Labute approximate surface area is 177 Å². The average molecular weight is 412 g/mol. The van der Waals surface area contributed by atoms with E-state index in [2.05, 4.69) is 15.5 Å². The first-order chi connectivity index (χ1) is 14.6. The van der Waals surface area contributed by atoms with Crippen molar-refractivity contribution in [2.75, 3.05) is 27.3 Å². The molecule has 1 aliphatic heterocycles. The van der Waals surface area contributed by atoms with Crippen LogP contribution in [-0.2, 0) is 4.79 Å². The molecule has 2 aromatic carbocycles. The van der Waals surface area contributed by atoms with E-state index in [-0.39, 0.29) is 11.9 Å². The molecule has 3 amide bonds. The molecule has 30 heavy (non-hydrogen) atoms. The van der Waals surface area contributed by atoms with Crippen LogP contribution in [0.25, 0.3) is 0 Å². The number of hydrogen-bond donors (Lipinski definition) is 2. The molecule has 7 nitrogen and oxygen atoms in total. The third kappa shape index (κ3) is 4.74. The van der Waals surface area contributed by atoms with Gasteiger partial charge in [-0.25, -0.2) is 4.79 Å². The Balaban J connectivity index is 1.96. The Morgan fingerprint density at radius 2 is 1.90 bits per heavy atom. The highest BCUT2D eigenvalue weighted by atomic mass is 16.5. The van der Waals surface area contributed by atoms with E-state index in [9.17, 15) is 9.59 Å². The number of carbonyl (C=O) groups is 2. The fourth-order valence-electron chi connectivity index (χ4n) is 4.04. The minimum absolute atomic E-state index is 0.0175. The van der Waals surface area contributed by atoms with Crippen molar-refractivity contribution in [1.29, 1.82) is 0 Å². The smallest absolute Gasteiger partial charge is 0.321 e. The molecule has 2 aromatic rings. The molecule has 0 aliphatic carbocycles. The summed E-state index contributed by atoms with van der Waals surface area (Å²) in [5, 5.41) is 5.12. The first kappa shape index (κ1) is 21.6. The molecule has 0 bridgehead atoms. The Hall–Kier alpha value is -3.06. The molecule has 0 aromatic heterocycles. The molecule has 1 aliphatic rings. The van der Waals surface area contributed by atoms with Gasteiger partial charge in [0.25, 0.3) is 0 Å². The normalized spacial score (nSPS) is 17.2. The first-order valence-corrected chi connectivity index (χ1v) is 10.2. The third-order valence-corrected chi connectivity index (χ3v) is 5.36. The second-order valence-corrected chi connectivity index (χ2v) is 7.17. The highest BCUT2D eigenvalue weighted by Crippen LogP contribution is 2.43. The van der Waals surface area contributed by atoms with Crippen LogP contribution in [0.1, 0.15) is 43.0 Å². The number of likely N-dealkylation sites (tertiary alicyclic amines) is 1. The highest BCUT2D eigenvalue weighted by molar-refractivity contribution is 5.97. The number of ether oxygens (including phenoxy) is 2. The van der Waals surface area contributed by atoms with Gasteiger partial charge in [-0.2, -0.15) is 0 Å². The topological polar surface area (TPSA) is 79.9 Å². The summed E-state index contributed by atoms with van der Waals surface area (Å²) >= 11 is 0. The molecule has 7 heteroatoms. The van der Waals surface area contributed by atoms with Crippen LogP contribution in [0.15, 0.2) is 48.5 Å². The van der Waals surface area contributed by atoms with Gasteiger partial charge in [-0.05, 0) is 37.9 Å². The number of carbonyl (C=O) groups excluding carboxylic acids is 2. The predicted octanol–water partition coefficient (Wildman–Crippen LogP) is 3.43. The fraction of sp³-hybridized carbons (Fsp3) is 0.391. The standard InChI is InChI=1S/C23H29N3O4/c1-4-24-23(28)25-22(27)21(16-9-6-5-7-10-16)26-14-8-11-19(26)18-13-12-17(29-2)15-20(18)30-3/h5-7,9-10,12-13,15,19,21H,4,8,11,14H2,1-3H3,(H2,24,25,27,28)/t19-,21-/m1/s1. The average Bonchev–Trinajstić information content (AvgIpc) is 3.23. The molecular weight excluding hydrogens is 382 g/mol. The number of hydrogen-bond acceptors (Lipinski definition) is 5. The number of amides is 3. The third-order valence-electron chi connectivity index (χ3n) is 5.36. The summed E-state index contributed by atoms with van der Waals surface area (Å²) in [5.74, 6) is 1.10. The van der Waals surface area contributed by atoms with Crippen LogP contribution in [0.3, 0.4) is 0 Å². The molecule has 0 saturated carbocycles. The van der Waals surface area contributed by atoms with E-state index in [0.717, 1.165) is 36.3 Å². The summed E-state index contributed by atoms with van der Waals surface area (Å²) in [7, 11) is 3.25. The SMILES string of the molecule is CCNC(=O)NC(=O)[C@@H](c1ccccc1)N1CCC[C@@H]1c1ccc(OC)cc1OC. The predicted molar refractivity (Wildman–Crippen MR) is 115 cm³/mol. The number of benzene rings is 2. The number of rotatable bonds is 7. The van der Waals surface area contributed by atoms with Crippen molar-refractivity contribution in [1.82, 2.24) is 15.5 Å². The van der Waals surface area contributed by atoms with Crippen molar-refractivity contribution in [3.05, 3.63) is 59.7 Å². The molecule has 160 valence electrons. The largest absolute Gasteiger partial charge is 0.497 e. The molecule has 0 spiro atoms. The van der Waals surface area contributed by atoms with Crippen molar-refractivity contribution in [3.63, 3.8) is 0 Å². The van der Waals surface area contributed by atoms with Gasteiger partial charge in [0.2, 0.25) is 5.91 Å². The Bertz CT molecular complexity index is 872. The van der Waals surface area contributed by atoms with Crippen LogP contribution in [-0.4, -0.2) is 44.1 Å². The number of nitrogens with one attached hydrogen (secondary N) is 2. The van der Waals surface area contributed by atoms with Crippen molar-refractivity contribution < 1.29 is 19.1 Å². The monoisotopic (exact) mass is 411 g/mol. The van der Waals surface area contributed by atoms with Gasteiger partial charge in [0.05, 0.1) is 14.2 Å². The highest BCUT2D eigenvalue weighted by Gasteiger charge is 2.38. The van der Waals surface area contributed by atoms with Gasteiger partial charge in [0, 0.05) is 24.2 Å². The van der Waals surface area contributed by atoms with E-state index in [1.165, 1.54) is 0 Å². The van der Waals surface area contributed by atoms with Crippen molar-refractivity contribution in [2.24, 2.45) is 0 Å². The van der Waals surface area contributed by atoms with Gasteiger partial charge < -0.3 is 14.8 Å². The summed E-state index contributed by atoms with van der Waals surface area (Å²) in [4.78, 5) is 27.4. The number of methoxy groups -OCH3 is 2. The molecule has 1 heterocycles. The van der Waals surface area contributed by atoms with Gasteiger partial charge >= 0.3 is 6.03 Å². The summed E-state index contributed by atoms with van der Waals surface area (Å²) in [6, 6.07) is 14.2. The molecule has 0 radical (unpaired) electrons. The van der Waals surface area contributed by atoms with Crippen molar-refractivity contribution >= 4 is 11.9 Å². The lowest BCUT2D eigenvalue weighted by atomic mass is 9.98. The van der Waals surface area contributed by atoms with Crippen LogP contribution < -0.4 is 20.1 Å². The first-order valence-electron chi connectivity index (χ1n) is 10.2. The molecular formula is C23H29N3O4. The molecule has 1 fully saturated rings. The van der Waals surface area contributed by atoms with Gasteiger partial charge in [-0.1, -0.05) is 36.4 Å². The van der Waals surface area contributed by atoms with E-state index >= 15 is 0 Å². The van der Waals surface area contributed by atoms with E-state index < -0.39 is 12.1 Å². The fourth-order valence-corrected chi connectivity index (χ4v) is 4.04. The van der Waals surface area contributed by atoms with Gasteiger partial charge in [0.1, 0.15) is 17.5 Å². The lowest BCUT2D eigenvalue weighted by molar-refractivity contribution is -0.126. The zero-order valence-corrected chi connectivity index (χ0v) is 17.7. The maximum atomic E-state index is 13.2. The summed E-state index contributed by atoms with van der Waals surface area (Å²) < 4.78 is 10.9. The van der Waals surface area contributed by atoms with Crippen molar-refractivity contribution in [2.45, 2.75) is 31.8 Å². The quantitative estimate of drug-likeness (QED) is 0.730. The Morgan fingerprint density at radius 1 is 1.13 bits per heavy atom. The Kier molecular flexibility index (Phi) is 7.30. The summed E-state index contributed by atoms with van der Waals surface area (Å²) in [6.07, 6.45) is 1.83. The minimum atomic E-state index is -0.590. The molecule has 2 N–H and O–H groups in total. The number of nitrogens with zero attached hydrogens (tertiary/aromatic N) is 1. The van der Waals surface area contributed by atoms with E-state index in [1.807, 2.05) is 55.5 Å². The van der Waals surface area contributed by atoms with Gasteiger partial charge in [-0.3, -0.25) is 15.0 Å². The summed E-state index contributed by atoms with van der Waals surface area (Å²) in [5.41, 5.74) is 1.85. The number of urea groups is 1. The second-order valence-electron chi connectivity index (χ2n) is 7.17. The number of imide groups is 1. The van der Waals surface area contributed by atoms with Crippen LogP contribution >= 0.6 is 0 Å². The van der Waals surface area contributed by atoms with Gasteiger partial charge in [0.15, 0.2) is 0 Å². The summed E-state index contributed by atoms with van der Waals surface area (Å²) in [6.45, 7) is 3.00. The molecule has 2 atom stereocenters. The zero-order chi connectivity index (χ0) is 21.5. The maximum Gasteiger partial charge on any atom is 0.321 e.